The molecule has 0 spiro atoms. The maximum absolute atomic E-state index is 4.93. The van der Waals surface area contributed by atoms with Crippen LogP contribution < -0.4 is 0 Å². The molecule has 0 aromatic heterocycles. The maximum atomic E-state index is 4.93. The number of nitrogens with zero attached hydrogens (tertiary/aromatic N) is 1. The van der Waals surface area contributed by atoms with Gasteiger partial charge in [0.05, 0.1) is 0 Å². The molecule has 0 fully saturated rings. The molecule has 6 heavy (non-hydrogen) atoms. The van der Waals surface area contributed by atoms with Crippen LogP contribution >= 0.6 is 0 Å². The molecule has 34 valence electrons. The Morgan fingerprint density at radius 3 is 2.83 bits per heavy atom. The third kappa shape index (κ3) is 0.797. The zero-order chi connectivity index (χ0) is 4.41. The minimum atomic E-state index is 0.797. The Balaban J connectivity index is 2.45. The fourth-order valence-electron chi connectivity index (χ4n) is 0.309. The third-order valence-electron chi connectivity index (χ3n) is 0.549. The molecule has 1 aliphatic heterocycles. The van der Waals surface area contributed by atoms with E-state index in [-0.39, 0.29) is 0 Å². The van der Waals surface area contributed by atoms with Crippen molar-refractivity contribution < 1.29 is 23.9 Å². The van der Waals surface area contributed by atoms with Crippen LogP contribution in [0.3, 0.4) is 0 Å². The van der Waals surface area contributed by atoms with Crippen LogP contribution in [-0.4, -0.2) is 17.5 Å². The van der Waals surface area contributed by atoms with Crippen molar-refractivity contribution in [2.24, 2.45) is 4.99 Å². The second kappa shape index (κ2) is 1.72. The summed E-state index contributed by atoms with van der Waals surface area (Å²) in [6.45, 7) is 1.66. The van der Waals surface area contributed by atoms with Crippen LogP contribution in [0.1, 0.15) is 0 Å². The van der Waals surface area contributed by atoms with Gasteiger partial charge in [-0.1, -0.05) is 0 Å². The number of hydrogen-bond acceptors (Lipinski definition) is 2. The Morgan fingerprint density at radius 1 is 1.83 bits per heavy atom. The first-order valence-electron chi connectivity index (χ1n) is 1.72. The molecule has 0 radical (unpaired) electrons. The van der Waals surface area contributed by atoms with Gasteiger partial charge in [0.15, 0.2) is 0 Å². The molecule has 3 heteroatoms. The van der Waals surface area contributed by atoms with E-state index < -0.39 is 0 Å². The van der Waals surface area contributed by atoms with E-state index in [1.165, 1.54) is 19.2 Å². The molecule has 0 aromatic carbocycles. The normalized spacial score (nSPS) is 19.8. The molecule has 1 rings (SSSR count). The van der Waals surface area contributed by atoms with Crippen LogP contribution in [0.15, 0.2) is 4.99 Å². The van der Waals surface area contributed by atoms with Gasteiger partial charge in [-0.3, -0.25) is 0 Å². The van der Waals surface area contributed by atoms with E-state index in [0.29, 0.717) is 0 Å². The fourth-order valence-corrected chi connectivity index (χ4v) is 0.890. The predicted octanol–water partition coefficient (Wildman–Crippen LogP) is -0.0806. The first-order valence-corrected chi connectivity index (χ1v) is 3.08. The summed E-state index contributed by atoms with van der Waals surface area (Å²) < 4.78 is 5.81. The molecule has 2 nitrogen and oxygen atoms in total. The summed E-state index contributed by atoms with van der Waals surface area (Å²) in [6.07, 6.45) is 0. The second-order valence-electron chi connectivity index (χ2n) is 0.983. The van der Waals surface area contributed by atoms with Crippen LogP contribution in [0.2, 0.25) is 0 Å². The van der Waals surface area contributed by atoms with E-state index >= 15 is 0 Å². The zero-order valence-corrected chi connectivity index (χ0v) is 5.86. The Hall–Kier alpha value is 0.132. The van der Waals surface area contributed by atoms with Gasteiger partial charge in [0.2, 0.25) is 0 Å². The SMILES string of the molecule is [Re][C]1=NCCO1. The van der Waals surface area contributed by atoms with Crippen LogP contribution in [-0.2, 0) is 23.9 Å². The van der Waals surface area contributed by atoms with Crippen molar-refractivity contribution in [2.45, 2.75) is 0 Å². The van der Waals surface area contributed by atoms with E-state index in [2.05, 4.69) is 4.99 Å². The first-order chi connectivity index (χ1) is 2.89. The minimum absolute atomic E-state index is 0.797. The van der Waals surface area contributed by atoms with Gasteiger partial charge in [-0.05, 0) is 0 Å². The van der Waals surface area contributed by atoms with Gasteiger partial charge in [0.1, 0.15) is 0 Å². The molecule has 1 aliphatic rings. The van der Waals surface area contributed by atoms with Gasteiger partial charge in [-0.15, -0.1) is 0 Å². The monoisotopic (exact) mass is 257 g/mol. The van der Waals surface area contributed by atoms with Crippen molar-refractivity contribution >= 4 is 4.37 Å². The molecule has 0 bridgehead atoms. The first kappa shape index (κ1) is 4.30. The number of aliphatic imine (C=N–C) groups is 1. The summed E-state index contributed by atoms with van der Waals surface area (Å²) >= 11 is 1.51. The number of hydrogen-bond donors (Lipinski definition) is 0. The quantitative estimate of drug-likeness (QED) is 0.594. The van der Waals surface area contributed by atoms with Crippen molar-refractivity contribution in [3.05, 3.63) is 0 Å². The average Bonchev–Trinajstić information content (AvgIpc) is 1.86. The Morgan fingerprint density at radius 2 is 2.67 bits per heavy atom. The van der Waals surface area contributed by atoms with Crippen molar-refractivity contribution in [1.29, 1.82) is 0 Å². The van der Waals surface area contributed by atoms with Crippen LogP contribution in [0.25, 0.3) is 0 Å². The standard InChI is InChI=1S/C3H4NO.Re/c1-2-5-3-4-1;/h1-2H2;. The van der Waals surface area contributed by atoms with E-state index in [1.54, 1.807) is 0 Å². The summed E-state index contributed by atoms with van der Waals surface area (Å²) in [5.41, 5.74) is 0. The van der Waals surface area contributed by atoms with Gasteiger partial charge in [-0.2, -0.15) is 0 Å². The van der Waals surface area contributed by atoms with Gasteiger partial charge in [-0.25, -0.2) is 0 Å². The summed E-state index contributed by atoms with van der Waals surface area (Å²) in [5, 5.41) is 0. The second-order valence-corrected chi connectivity index (χ2v) is 2.14. The Kier molecular flexibility index (Phi) is 1.23. The summed E-state index contributed by atoms with van der Waals surface area (Å²) in [4.78, 5) is 3.96. The summed E-state index contributed by atoms with van der Waals surface area (Å²) in [6, 6.07) is 0. The van der Waals surface area contributed by atoms with Crippen LogP contribution in [0.4, 0.5) is 0 Å². The van der Waals surface area contributed by atoms with Gasteiger partial charge >= 0.3 is 46.5 Å². The van der Waals surface area contributed by atoms with Crippen LogP contribution in [0, 0.1) is 0 Å². The number of ether oxygens (including phenoxy) is 1. The Bertz CT molecular complexity index is 80.9. The zero-order valence-electron chi connectivity index (χ0n) is 3.15. The molecular formula is C3H4NORe. The van der Waals surface area contributed by atoms with Gasteiger partial charge in [0, 0.05) is 0 Å². The summed E-state index contributed by atoms with van der Waals surface area (Å²) in [5.74, 6) is 0. The van der Waals surface area contributed by atoms with Gasteiger partial charge in [0.25, 0.3) is 0 Å². The predicted molar refractivity (Wildman–Crippen MR) is 18.3 cm³/mol. The topological polar surface area (TPSA) is 21.6 Å². The molecule has 1 heterocycles. The molecule has 0 saturated carbocycles. The molecular weight excluding hydrogens is 252 g/mol. The average molecular weight is 256 g/mol. The van der Waals surface area contributed by atoms with Crippen molar-refractivity contribution in [1.82, 2.24) is 0 Å². The molecule has 0 aliphatic carbocycles. The molecule has 0 N–H and O–H groups in total. The molecule has 0 saturated heterocycles. The molecule has 0 aromatic rings. The van der Waals surface area contributed by atoms with Crippen molar-refractivity contribution in [3.8, 4) is 0 Å². The van der Waals surface area contributed by atoms with Crippen molar-refractivity contribution in [2.75, 3.05) is 13.2 Å². The number of rotatable bonds is 0. The van der Waals surface area contributed by atoms with E-state index in [4.69, 9.17) is 4.74 Å². The van der Waals surface area contributed by atoms with E-state index in [0.717, 1.165) is 17.5 Å². The molecule has 0 amide bonds. The third-order valence-corrected chi connectivity index (χ3v) is 1.37. The van der Waals surface area contributed by atoms with E-state index in [1.807, 2.05) is 0 Å². The Labute approximate surface area is 47.0 Å². The summed E-state index contributed by atoms with van der Waals surface area (Å²) in [7, 11) is 0. The molecule has 0 unspecified atom stereocenters. The van der Waals surface area contributed by atoms with E-state index in [9.17, 15) is 0 Å². The van der Waals surface area contributed by atoms with Crippen LogP contribution in [0.5, 0.6) is 0 Å². The van der Waals surface area contributed by atoms with Gasteiger partial charge < -0.3 is 0 Å². The van der Waals surface area contributed by atoms with Crippen molar-refractivity contribution in [3.63, 3.8) is 0 Å². The fraction of sp³-hybridized carbons (Fsp3) is 0.667. The molecule has 0 atom stereocenters.